The van der Waals surface area contributed by atoms with Crippen molar-refractivity contribution in [1.82, 2.24) is 9.80 Å². The van der Waals surface area contributed by atoms with Gasteiger partial charge in [-0.2, -0.15) is 0 Å². The van der Waals surface area contributed by atoms with E-state index in [-0.39, 0.29) is 12.0 Å². The number of amides is 1. The molecule has 1 aromatic rings. The van der Waals surface area contributed by atoms with Crippen molar-refractivity contribution in [3.63, 3.8) is 0 Å². The van der Waals surface area contributed by atoms with Crippen molar-refractivity contribution in [3.8, 4) is 0 Å². The zero-order valence-electron chi connectivity index (χ0n) is 13.9. The maximum absolute atomic E-state index is 13.0. The van der Waals surface area contributed by atoms with Crippen molar-refractivity contribution in [1.29, 1.82) is 0 Å². The van der Waals surface area contributed by atoms with Crippen molar-refractivity contribution < 1.29 is 9.53 Å². The molecule has 0 bridgehead atoms. The molecule has 126 valence electrons. The average Bonchev–Trinajstić information content (AvgIpc) is 3.28. The molecule has 1 amide bonds. The van der Waals surface area contributed by atoms with Crippen molar-refractivity contribution in [2.24, 2.45) is 11.8 Å². The van der Waals surface area contributed by atoms with Crippen molar-refractivity contribution in [2.45, 2.75) is 38.8 Å². The number of ether oxygens (including phenoxy) is 1. The normalized spacial score (nSPS) is 31.5. The lowest BCUT2D eigenvalue weighted by molar-refractivity contribution is -0.140. The van der Waals surface area contributed by atoms with Crippen LogP contribution in [0.5, 0.6) is 0 Å². The summed E-state index contributed by atoms with van der Waals surface area (Å²) in [4.78, 5) is 19.0. The maximum atomic E-state index is 13.0. The Balaban J connectivity index is 1.50. The molecular formula is C18H26N2O2S. The van der Waals surface area contributed by atoms with Gasteiger partial charge in [0, 0.05) is 50.1 Å². The maximum Gasteiger partial charge on any atom is 0.227 e. The summed E-state index contributed by atoms with van der Waals surface area (Å²) in [7, 11) is 0. The van der Waals surface area contributed by atoms with Gasteiger partial charge in [-0.3, -0.25) is 9.69 Å². The molecule has 0 N–H and O–H groups in total. The Labute approximate surface area is 142 Å². The van der Waals surface area contributed by atoms with Gasteiger partial charge in [0.25, 0.3) is 0 Å². The van der Waals surface area contributed by atoms with Crippen LogP contribution in [0.15, 0.2) is 11.4 Å². The van der Waals surface area contributed by atoms with E-state index in [1.54, 1.807) is 0 Å². The molecule has 4 nitrogen and oxygen atoms in total. The summed E-state index contributed by atoms with van der Waals surface area (Å²) >= 11 is 1.83. The molecule has 0 aromatic carbocycles. The first kappa shape index (κ1) is 15.6. The van der Waals surface area contributed by atoms with Gasteiger partial charge in [-0.05, 0) is 43.2 Å². The Morgan fingerprint density at radius 2 is 2.17 bits per heavy atom. The van der Waals surface area contributed by atoms with Crippen LogP contribution in [-0.2, 0) is 16.1 Å². The molecule has 3 aliphatic heterocycles. The van der Waals surface area contributed by atoms with Gasteiger partial charge in [-0.1, -0.05) is 0 Å². The highest BCUT2D eigenvalue weighted by Crippen LogP contribution is 2.36. The first-order chi connectivity index (χ1) is 11.2. The molecule has 1 aromatic heterocycles. The predicted molar refractivity (Wildman–Crippen MR) is 91.5 cm³/mol. The van der Waals surface area contributed by atoms with Crippen LogP contribution < -0.4 is 0 Å². The number of hydrogen-bond acceptors (Lipinski definition) is 4. The molecule has 3 fully saturated rings. The number of carbonyl (C=O) groups excluding carboxylic acids is 1. The van der Waals surface area contributed by atoms with Gasteiger partial charge < -0.3 is 9.64 Å². The van der Waals surface area contributed by atoms with Gasteiger partial charge in [0.1, 0.15) is 0 Å². The molecule has 0 aliphatic carbocycles. The van der Waals surface area contributed by atoms with E-state index < -0.39 is 0 Å². The zero-order valence-corrected chi connectivity index (χ0v) is 14.7. The molecule has 4 rings (SSSR count). The highest BCUT2D eigenvalue weighted by atomic mass is 32.1. The van der Waals surface area contributed by atoms with Gasteiger partial charge >= 0.3 is 0 Å². The fourth-order valence-corrected chi connectivity index (χ4v) is 5.33. The SMILES string of the molecule is Cc1ccsc1CN1C[C@@H]2OCC[C@@H]2[C@@H](C(=O)N2CCCC2)C1. The van der Waals surface area contributed by atoms with Crippen LogP contribution >= 0.6 is 11.3 Å². The third kappa shape index (κ3) is 3.06. The molecule has 3 saturated heterocycles. The summed E-state index contributed by atoms with van der Waals surface area (Å²) in [6.07, 6.45) is 3.64. The van der Waals surface area contributed by atoms with Crippen LogP contribution in [0.2, 0.25) is 0 Å². The highest BCUT2D eigenvalue weighted by Gasteiger charge is 2.45. The highest BCUT2D eigenvalue weighted by molar-refractivity contribution is 7.10. The van der Waals surface area contributed by atoms with E-state index in [4.69, 9.17) is 4.74 Å². The Kier molecular flexibility index (Phi) is 4.43. The summed E-state index contributed by atoms with van der Waals surface area (Å²) in [5, 5.41) is 2.16. The summed E-state index contributed by atoms with van der Waals surface area (Å²) in [6, 6.07) is 2.19. The fraction of sp³-hybridized carbons (Fsp3) is 0.722. The second kappa shape index (κ2) is 6.54. The third-order valence-electron chi connectivity index (χ3n) is 5.74. The number of hydrogen-bond donors (Lipinski definition) is 0. The van der Waals surface area contributed by atoms with E-state index >= 15 is 0 Å². The molecule has 0 saturated carbocycles. The second-order valence-corrected chi connectivity index (χ2v) is 8.22. The standard InChI is InChI=1S/C18H26N2O2S/c1-13-5-9-23-17(13)12-19-10-15(14-4-8-22-16(14)11-19)18(21)20-6-2-3-7-20/h5,9,14-16H,2-4,6-8,10-12H2,1H3/t14-,15+,16+/m1/s1. The Morgan fingerprint density at radius 3 is 2.91 bits per heavy atom. The smallest absolute Gasteiger partial charge is 0.227 e. The van der Waals surface area contributed by atoms with Gasteiger partial charge in [0.2, 0.25) is 5.91 Å². The summed E-state index contributed by atoms with van der Waals surface area (Å²) < 4.78 is 5.97. The second-order valence-electron chi connectivity index (χ2n) is 7.22. The van der Waals surface area contributed by atoms with Crippen LogP contribution in [0, 0.1) is 18.8 Å². The number of likely N-dealkylation sites (tertiary alicyclic amines) is 2. The van der Waals surface area contributed by atoms with Crippen molar-refractivity contribution >= 4 is 17.2 Å². The minimum Gasteiger partial charge on any atom is -0.377 e. The Hall–Kier alpha value is -0.910. The van der Waals surface area contributed by atoms with Crippen LogP contribution in [0.4, 0.5) is 0 Å². The minimum absolute atomic E-state index is 0.134. The molecule has 23 heavy (non-hydrogen) atoms. The van der Waals surface area contributed by atoms with Gasteiger partial charge in [-0.15, -0.1) is 11.3 Å². The number of thiophene rings is 1. The third-order valence-corrected chi connectivity index (χ3v) is 6.75. The summed E-state index contributed by atoms with van der Waals surface area (Å²) in [5.41, 5.74) is 1.37. The topological polar surface area (TPSA) is 32.8 Å². The molecule has 0 unspecified atom stereocenters. The number of nitrogens with zero attached hydrogens (tertiary/aromatic N) is 2. The number of carbonyl (C=O) groups is 1. The first-order valence-corrected chi connectivity index (χ1v) is 9.76. The molecule has 3 aliphatic rings. The lowest BCUT2D eigenvalue weighted by atomic mass is 9.82. The van der Waals surface area contributed by atoms with E-state index in [0.717, 1.165) is 45.8 Å². The van der Waals surface area contributed by atoms with Crippen LogP contribution in [0.1, 0.15) is 29.7 Å². The Bertz CT molecular complexity index is 567. The Morgan fingerprint density at radius 1 is 1.35 bits per heavy atom. The zero-order chi connectivity index (χ0) is 15.8. The van der Waals surface area contributed by atoms with E-state index in [9.17, 15) is 4.79 Å². The molecule has 0 radical (unpaired) electrons. The molecule has 5 heteroatoms. The van der Waals surface area contributed by atoms with E-state index in [2.05, 4.69) is 28.2 Å². The van der Waals surface area contributed by atoms with E-state index in [1.165, 1.54) is 23.3 Å². The monoisotopic (exact) mass is 334 g/mol. The molecule has 4 heterocycles. The summed E-state index contributed by atoms with van der Waals surface area (Å²) in [5.74, 6) is 0.953. The lowest BCUT2D eigenvalue weighted by Crippen LogP contribution is -2.52. The lowest BCUT2D eigenvalue weighted by Gasteiger charge is -2.40. The van der Waals surface area contributed by atoms with Gasteiger partial charge in [-0.25, -0.2) is 0 Å². The van der Waals surface area contributed by atoms with Crippen LogP contribution in [-0.4, -0.2) is 54.6 Å². The quantitative estimate of drug-likeness (QED) is 0.851. The summed E-state index contributed by atoms with van der Waals surface area (Å²) in [6.45, 7) is 7.75. The number of rotatable bonds is 3. The van der Waals surface area contributed by atoms with Gasteiger partial charge in [0.05, 0.1) is 12.0 Å². The van der Waals surface area contributed by atoms with Crippen LogP contribution in [0.3, 0.4) is 0 Å². The number of aryl methyl sites for hydroxylation is 1. The first-order valence-electron chi connectivity index (χ1n) is 8.88. The molecular weight excluding hydrogens is 308 g/mol. The largest absolute Gasteiger partial charge is 0.377 e. The van der Waals surface area contributed by atoms with Crippen molar-refractivity contribution in [3.05, 3.63) is 21.9 Å². The number of piperidine rings is 1. The molecule has 3 atom stereocenters. The van der Waals surface area contributed by atoms with Crippen LogP contribution in [0.25, 0.3) is 0 Å². The van der Waals surface area contributed by atoms with E-state index in [1.807, 2.05) is 11.3 Å². The molecule has 0 spiro atoms. The van der Waals surface area contributed by atoms with Gasteiger partial charge in [0.15, 0.2) is 0 Å². The average molecular weight is 334 g/mol. The minimum atomic E-state index is 0.134. The number of fused-ring (bicyclic) bond motifs is 1. The van der Waals surface area contributed by atoms with E-state index in [0.29, 0.717) is 11.8 Å². The fourth-order valence-electron chi connectivity index (χ4n) is 4.39. The van der Waals surface area contributed by atoms with Crippen molar-refractivity contribution in [2.75, 3.05) is 32.8 Å². The predicted octanol–water partition coefficient (Wildman–Crippen LogP) is 2.52.